The van der Waals surface area contributed by atoms with Gasteiger partial charge in [-0.1, -0.05) is 24.4 Å². The van der Waals surface area contributed by atoms with Crippen molar-refractivity contribution in [1.82, 2.24) is 4.72 Å². The molecule has 112 valence electrons. The number of nitrogens with one attached hydrogen (secondary N) is 1. The first-order valence-corrected chi connectivity index (χ1v) is 7.96. The second kappa shape index (κ2) is 7.63. The molecule has 3 N–H and O–H groups in total. The van der Waals surface area contributed by atoms with E-state index in [0.29, 0.717) is 18.6 Å². The van der Waals surface area contributed by atoms with Crippen molar-refractivity contribution in [3.63, 3.8) is 0 Å². The molecule has 0 aromatic heterocycles. The van der Waals surface area contributed by atoms with Crippen molar-refractivity contribution in [3.05, 3.63) is 35.1 Å². The second-order valence-corrected chi connectivity index (χ2v) is 6.52. The highest BCUT2D eigenvalue weighted by Gasteiger charge is 2.12. The lowest BCUT2D eigenvalue weighted by Gasteiger charge is -2.08. The van der Waals surface area contributed by atoms with Crippen molar-refractivity contribution in [2.75, 3.05) is 19.5 Å². The van der Waals surface area contributed by atoms with Crippen LogP contribution in [0.5, 0.6) is 0 Å². The Balaban J connectivity index is 2.63. The minimum Gasteiger partial charge on any atom is -0.389 e. The summed E-state index contributed by atoms with van der Waals surface area (Å²) in [5, 5.41) is 0. The number of rotatable bonds is 8. The van der Waals surface area contributed by atoms with Gasteiger partial charge in [0.15, 0.2) is 0 Å². The van der Waals surface area contributed by atoms with Gasteiger partial charge in [-0.15, -0.1) is 0 Å². The molecule has 0 saturated carbocycles. The summed E-state index contributed by atoms with van der Waals surface area (Å²) >= 11 is 4.74. The lowest BCUT2D eigenvalue weighted by atomic mass is 10.1. The fraction of sp³-hybridized carbons (Fsp3) is 0.417. The highest BCUT2D eigenvalue weighted by molar-refractivity contribution is 7.89. The molecule has 0 aliphatic carbocycles. The summed E-state index contributed by atoms with van der Waals surface area (Å²) in [4.78, 5) is 0.0931. The maximum Gasteiger partial charge on any atom is 0.211 e. The van der Waals surface area contributed by atoms with Crippen LogP contribution in [0.3, 0.4) is 0 Å². The molecule has 0 saturated heterocycles. The molecule has 20 heavy (non-hydrogen) atoms. The summed E-state index contributed by atoms with van der Waals surface area (Å²) in [6.45, 7) is 0.247. The molecule has 0 fully saturated rings. The maximum absolute atomic E-state index is 13.7. The van der Waals surface area contributed by atoms with E-state index in [9.17, 15) is 12.8 Å². The monoisotopic (exact) mass is 320 g/mol. The van der Waals surface area contributed by atoms with E-state index >= 15 is 0 Å². The van der Waals surface area contributed by atoms with Crippen molar-refractivity contribution < 1.29 is 17.5 Å². The van der Waals surface area contributed by atoms with Crippen LogP contribution in [0.25, 0.3) is 0 Å². The molecule has 1 aromatic carbocycles. The quantitative estimate of drug-likeness (QED) is 0.550. The van der Waals surface area contributed by atoms with E-state index in [4.69, 9.17) is 22.7 Å². The largest absolute Gasteiger partial charge is 0.389 e. The standard InChI is InChI=1S/C12H17FN2O3S2/c1-18-5-2-6-20(16,17)15-8-10-4-3-9(12(14)19)7-11(10)13/h3-4,7,15H,2,5-6,8H2,1H3,(H2,14,19). The van der Waals surface area contributed by atoms with Crippen LogP contribution in [-0.4, -0.2) is 32.9 Å². The van der Waals surface area contributed by atoms with E-state index in [0.717, 1.165) is 0 Å². The first-order valence-electron chi connectivity index (χ1n) is 5.90. The Morgan fingerprint density at radius 1 is 1.50 bits per heavy atom. The summed E-state index contributed by atoms with van der Waals surface area (Å²) in [7, 11) is -1.94. The van der Waals surface area contributed by atoms with Crippen LogP contribution in [0.15, 0.2) is 18.2 Å². The Bertz CT molecular complexity index is 576. The van der Waals surface area contributed by atoms with Gasteiger partial charge in [-0.25, -0.2) is 17.5 Å². The topological polar surface area (TPSA) is 81.4 Å². The van der Waals surface area contributed by atoms with Crippen molar-refractivity contribution in [3.8, 4) is 0 Å². The molecular weight excluding hydrogens is 303 g/mol. The molecule has 1 aromatic rings. The number of hydrogen-bond donors (Lipinski definition) is 2. The molecule has 8 heteroatoms. The third-order valence-corrected chi connectivity index (χ3v) is 4.23. The second-order valence-electron chi connectivity index (χ2n) is 4.16. The Labute approximate surface area is 123 Å². The first-order chi connectivity index (χ1) is 9.35. The third-order valence-electron chi connectivity index (χ3n) is 2.58. The number of hydrogen-bond acceptors (Lipinski definition) is 4. The lowest BCUT2D eigenvalue weighted by Crippen LogP contribution is -2.27. The zero-order chi connectivity index (χ0) is 15.2. The normalized spacial score (nSPS) is 11.5. The predicted octanol–water partition coefficient (Wildman–Crippen LogP) is 0.916. The van der Waals surface area contributed by atoms with Gasteiger partial charge < -0.3 is 10.5 Å². The van der Waals surface area contributed by atoms with Gasteiger partial charge in [0.2, 0.25) is 10.0 Å². The Morgan fingerprint density at radius 3 is 2.75 bits per heavy atom. The first kappa shape index (κ1) is 17.0. The Kier molecular flexibility index (Phi) is 6.47. The summed E-state index contributed by atoms with van der Waals surface area (Å²) in [6.07, 6.45) is 0.384. The number of sulfonamides is 1. The molecule has 0 bridgehead atoms. The number of nitrogens with two attached hydrogens (primary N) is 1. The number of methoxy groups -OCH3 is 1. The van der Waals surface area contributed by atoms with Crippen molar-refractivity contribution in [1.29, 1.82) is 0 Å². The SMILES string of the molecule is COCCCS(=O)(=O)NCc1ccc(C(N)=S)cc1F. The van der Waals surface area contributed by atoms with E-state index in [-0.39, 0.29) is 22.8 Å². The Hall–Kier alpha value is -1.09. The summed E-state index contributed by atoms with van der Waals surface area (Å²) in [5.41, 5.74) is 6.03. The molecule has 0 atom stereocenters. The molecule has 0 spiro atoms. The summed E-state index contributed by atoms with van der Waals surface area (Å²) in [5.74, 6) is -0.608. The number of benzene rings is 1. The van der Waals surface area contributed by atoms with E-state index in [2.05, 4.69) is 4.72 Å². The van der Waals surface area contributed by atoms with Gasteiger partial charge in [-0.05, 0) is 12.5 Å². The van der Waals surface area contributed by atoms with Crippen LogP contribution in [0.1, 0.15) is 17.5 Å². The molecule has 0 radical (unpaired) electrons. The van der Waals surface area contributed by atoms with Gasteiger partial charge in [0.1, 0.15) is 10.8 Å². The summed E-state index contributed by atoms with van der Waals surface area (Å²) in [6, 6.07) is 4.21. The number of halogens is 1. The summed E-state index contributed by atoms with van der Waals surface area (Å²) < 4.78 is 44.1. The van der Waals surface area contributed by atoms with Crippen molar-refractivity contribution >= 4 is 27.2 Å². The van der Waals surface area contributed by atoms with Crippen LogP contribution >= 0.6 is 12.2 Å². The molecular formula is C12H17FN2O3S2. The molecule has 0 unspecified atom stereocenters. The number of ether oxygens (including phenoxy) is 1. The van der Waals surface area contributed by atoms with Crippen LogP contribution in [-0.2, 0) is 21.3 Å². The van der Waals surface area contributed by atoms with Gasteiger partial charge in [0.25, 0.3) is 0 Å². The van der Waals surface area contributed by atoms with Gasteiger partial charge >= 0.3 is 0 Å². The highest BCUT2D eigenvalue weighted by Crippen LogP contribution is 2.11. The minimum atomic E-state index is -3.44. The van der Waals surface area contributed by atoms with Crippen LogP contribution in [0, 0.1) is 5.82 Å². The maximum atomic E-state index is 13.7. The van der Waals surface area contributed by atoms with E-state index in [1.807, 2.05) is 0 Å². The van der Waals surface area contributed by atoms with E-state index < -0.39 is 15.8 Å². The average Bonchev–Trinajstić information content (AvgIpc) is 2.37. The predicted molar refractivity (Wildman–Crippen MR) is 79.4 cm³/mol. The molecule has 1 rings (SSSR count). The third kappa shape index (κ3) is 5.49. The van der Waals surface area contributed by atoms with E-state index in [1.165, 1.54) is 19.2 Å². The fourth-order valence-electron chi connectivity index (χ4n) is 1.50. The van der Waals surface area contributed by atoms with Gasteiger partial charge in [-0.3, -0.25) is 0 Å². The van der Waals surface area contributed by atoms with Gasteiger partial charge in [0.05, 0.1) is 5.75 Å². The molecule has 0 aliphatic rings. The lowest BCUT2D eigenvalue weighted by molar-refractivity contribution is 0.199. The fourth-order valence-corrected chi connectivity index (χ4v) is 2.64. The zero-order valence-electron chi connectivity index (χ0n) is 11.1. The molecule has 0 heterocycles. The van der Waals surface area contributed by atoms with E-state index in [1.54, 1.807) is 6.07 Å². The van der Waals surface area contributed by atoms with Crippen LogP contribution in [0.4, 0.5) is 4.39 Å². The minimum absolute atomic E-state index is 0.0621. The molecule has 0 aliphatic heterocycles. The van der Waals surface area contributed by atoms with Gasteiger partial charge in [-0.2, -0.15) is 0 Å². The average molecular weight is 320 g/mol. The molecule has 5 nitrogen and oxygen atoms in total. The van der Waals surface area contributed by atoms with Crippen LogP contribution < -0.4 is 10.5 Å². The molecule has 0 amide bonds. The smallest absolute Gasteiger partial charge is 0.211 e. The highest BCUT2D eigenvalue weighted by atomic mass is 32.2. The van der Waals surface area contributed by atoms with Gasteiger partial charge in [0, 0.05) is 31.4 Å². The van der Waals surface area contributed by atoms with Crippen molar-refractivity contribution in [2.45, 2.75) is 13.0 Å². The number of thiocarbonyl (C=S) groups is 1. The van der Waals surface area contributed by atoms with Crippen LogP contribution in [0.2, 0.25) is 0 Å². The zero-order valence-corrected chi connectivity index (χ0v) is 12.7. The Morgan fingerprint density at radius 2 is 2.20 bits per heavy atom. The van der Waals surface area contributed by atoms with Crippen molar-refractivity contribution in [2.24, 2.45) is 5.73 Å².